The molecule has 1 saturated carbocycles. The van der Waals surface area contributed by atoms with Crippen molar-refractivity contribution in [2.45, 2.75) is 38.1 Å². The van der Waals surface area contributed by atoms with Gasteiger partial charge in [-0.2, -0.15) is 4.68 Å². The zero-order valence-corrected chi connectivity index (χ0v) is 15.8. The summed E-state index contributed by atoms with van der Waals surface area (Å²) in [5.74, 6) is 2.39. The molecule has 2 aromatic carbocycles. The first-order valence-corrected chi connectivity index (χ1v) is 9.47. The van der Waals surface area contributed by atoms with Crippen LogP contribution in [0.4, 0.5) is 5.69 Å². The molecule has 6 nitrogen and oxygen atoms in total. The minimum atomic E-state index is -0.333. The van der Waals surface area contributed by atoms with Crippen molar-refractivity contribution in [3.63, 3.8) is 0 Å². The Morgan fingerprint density at radius 1 is 1.04 bits per heavy atom. The number of tetrazole rings is 1. The molecule has 140 valence electrons. The van der Waals surface area contributed by atoms with Gasteiger partial charge < -0.3 is 10.1 Å². The van der Waals surface area contributed by atoms with Gasteiger partial charge in [-0.25, -0.2) is 0 Å². The van der Waals surface area contributed by atoms with Crippen LogP contribution in [-0.4, -0.2) is 27.3 Å². The summed E-state index contributed by atoms with van der Waals surface area (Å²) >= 11 is 0. The molecule has 3 aromatic rings. The van der Waals surface area contributed by atoms with Crippen molar-refractivity contribution in [3.8, 4) is 11.4 Å². The van der Waals surface area contributed by atoms with E-state index in [1.807, 2.05) is 53.2 Å². The average molecular weight is 363 g/mol. The third-order valence-electron chi connectivity index (χ3n) is 5.51. The van der Waals surface area contributed by atoms with E-state index < -0.39 is 0 Å². The summed E-state index contributed by atoms with van der Waals surface area (Å²) in [6.07, 6.45) is 4.20. The van der Waals surface area contributed by atoms with Gasteiger partial charge in [0.15, 0.2) is 5.82 Å². The van der Waals surface area contributed by atoms with Gasteiger partial charge in [0.05, 0.1) is 24.0 Å². The van der Waals surface area contributed by atoms with Crippen molar-refractivity contribution in [1.29, 1.82) is 0 Å². The fourth-order valence-electron chi connectivity index (χ4n) is 3.89. The highest BCUT2D eigenvalue weighted by molar-refractivity contribution is 5.58. The molecule has 0 unspecified atom stereocenters. The van der Waals surface area contributed by atoms with Crippen LogP contribution in [0.15, 0.2) is 54.6 Å². The van der Waals surface area contributed by atoms with E-state index in [2.05, 4.69) is 33.8 Å². The Morgan fingerprint density at radius 2 is 1.74 bits per heavy atom. The van der Waals surface area contributed by atoms with Crippen LogP contribution in [0.25, 0.3) is 5.69 Å². The Kier molecular flexibility index (Phi) is 4.79. The summed E-state index contributed by atoms with van der Waals surface area (Å²) in [4.78, 5) is 0. The van der Waals surface area contributed by atoms with Crippen molar-refractivity contribution >= 4 is 5.69 Å². The van der Waals surface area contributed by atoms with E-state index in [1.165, 1.54) is 0 Å². The highest BCUT2D eigenvalue weighted by Crippen LogP contribution is 2.43. The smallest absolute Gasteiger partial charge is 0.181 e. The fourth-order valence-corrected chi connectivity index (χ4v) is 3.89. The molecule has 0 bridgehead atoms. The number of hydrogen-bond donors (Lipinski definition) is 1. The molecule has 0 spiro atoms. The van der Waals surface area contributed by atoms with Gasteiger partial charge >= 0.3 is 0 Å². The van der Waals surface area contributed by atoms with Gasteiger partial charge in [0.1, 0.15) is 5.75 Å². The number of para-hydroxylation sites is 3. The van der Waals surface area contributed by atoms with Crippen LogP contribution in [0.1, 0.15) is 38.4 Å². The van der Waals surface area contributed by atoms with Gasteiger partial charge in [-0.15, -0.1) is 5.10 Å². The second-order valence-electron chi connectivity index (χ2n) is 7.34. The Balaban J connectivity index is 1.78. The monoisotopic (exact) mass is 363 g/mol. The van der Waals surface area contributed by atoms with Crippen LogP contribution in [0.3, 0.4) is 0 Å². The highest BCUT2D eigenvalue weighted by atomic mass is 16.5. The third-order valence-corrected chi connectivity index (χ3v) is 5.51. The van der Waals surface area contributed by atoms with Crippen LogP contribution in [0.2, 0.25) is 0 Å². The molecule has 0 amide bonds. The quantitative estimate of drug-likeness (QED) is 0.736. The van der Waals surface area contributed by atoms with Crippen LogP contribution in [0, 0.1) is 5.92 Å². The second kappa shape index (κ2) is 7.39. The number of benzene rings is 2. The molecule has 0 radical (unpaired) electrons. The Morgan fingerprint density at radius 3 is 2.48 bits per heavy atom. The predicted molar refractivity (Wildman–Crippen MR) is 105 cm³/mol. The fraction of sp³-hybridized carbons (Fsp3) is 0.381. The molecule has 0 saturated heterocycles. The zero-order chi connectivity index (χ0) is 18.7. The van der Waals surface area contributed by atoms with Gasteiger partial charge in [-0.1, -0.05) is 37.3 Å². The number of nitrogens with zero attached hydrogens (tertiary/aromatic N) is 4. The molecule has 27 heavy (non-hydrogen) atoms. The number of ether oxygens (including phenoxy) is 1. The molecule has 1 N–H and O–H groups in total. The van der Waals surface area contributed by atoms with Crippen molar-refractivity contribution in [1.82, 2.24) is 20.2 Å². The molecule has 1 aliphatic carbocycles. The third kappa shape index (κ3) is 3.39. The summed E-state index contributed by atoms with van der Waals surface area (Å²) < 4.78 is 7.42. The van der Waals surface area contributed by atoms with Crippen LogP contribution in [0.5, 0.6) is 5.75 Å². The van der Waals surface area contributed by atoms with Crippen LogP contribution < -0.4 is 10.1 Å². The summed E-state index contributed by atoms with van der Waals surface area (Å²) in [6, 6.07) is 18.1. The second-order valence-corrected chi connectivity index (χ2v) is 7.34. The molecule has 0 aliphatic heterocycles. The molecule has 1 aliphatic rings. The van der Waals surface area contributed by atoms with Crippen LogP contribution in [-0.2, 0) is 5.54 Å². The van der Waals surface area contributed by atoms with E-state index in [0.717, 1.165) is 48.6 Å². The van der Waals surface area contributed by atoms with Gasteiger partial charge in [0.25, 0.3) is 0 Å². The average Bonchev–Trinajstić information content (AvgIpc) is 3.22. The minimum absolute atomic E-state index is 0.333. The maximum absolute atomic E-state index is 5.56. The molecule has 4 rings (SSSR count). The van der Waals surface area contributed by atoms with Crippen molar-refractivity contribution in [2.75, 3.05) is 12.4 Å². The Hall–Kier alpha value is -2.89. The number of anilines is 1. The summed E-state index contributed by atoms with van der Waals surface area (Å²) in [5.41, 5.74) is 1.61. The van der Waals surface area contributed by atoms with E-state index in [0.29, 0.717) is 5.92 Å². The van der Waals surface area contributed by atoms with Gasteiger partial charge in [-0.3, -0.25) is 0 Å². The maximum atomic E-state index is 5.56. The first kappa shape index (κ1) is 17.5. The van der Waals surface area contributed by atoms with Crippen molar-refractivity contribution in [3.05, 3.63) is 60.4 Å². The van der Waals surface area contributed by atoms with Gasteiger partial charge in [-0.05, 0) is 66.3 Å². The lowest BCUT2D eigenvalue weighted by Gasteiger charge is -2.40. The largest absolute Gasteiger partial charge is 0.495 e. The Labute approximate surface area is 159 Å². The summed E-state index contributed by atoms with van der Waals surface area (Å²) in [6.45, 7) is 2.31. The number of aromatic nitrogens is 4. The van der Waals surface area contributed by atoms with E-state index in [-0.39, 0.29) is 5.54 Å². The van der Waals surface area contributed by atoms with E-state index >= 15 is 0 Å². The normalized spacial score (nSPS) is 22.4. The maximum Gasteiger partial charge on any atom is 0.181 e. The number of rotatable bonds is 5. The predicted octanol–water partition coefficient (Wildman–Crippen LogP) is 4.19. The highest BCUT2D eigenvalue weighted by Gasteiger charge is 2.41. The SMILES string of the molecule is COc1ccccc1NC1(c2nnnn2-c2ccccc2)CCC(C)CC1. The molecule has 1 heterocycles. The molecule has 0 atom stereocenters. The number of nitrogens with one attached hydrogen (secondary N) is 1. The van der Waals surface area contributed by atoms with E-state index in [4.69, 9.17) is 4.74 Å². The first-order valence-electron chi connectivity index (χ1n) is 9.47. The lowest BCUT2D eigenvalue weighted by Crippen LogP contribution is -2.41. The first-order chi connectivity index (χ1) is 13.2. The lowest BCUT2D eigenvalue weighted by molar-refractivity contribution is 0.254. The lowest BCUT2D eigenvalue weighted by atomic mass is 9.76. The van der Waals surface area contributed by atoms with Crippen molar-refractivity contribution in [2.24, 2.45) is 5.92 Å². The summed E-state index contributed by atoms with van der Waals surface area (Å²) in [7, 11) is 1.70. The molecular formula is C21H25N5O. The van der Waals surface area contributed by atoms with Gasteiger partial charge in [0.2, 0.25) is 0 Å². The molecule has 1 fully saturated rings. The summed E-state index contributed by atoms with van der Waals surface area (Å²) in [5, 5.41) is 16.5. The molecule has 6 heteroatoms. The van der Waals surface area contributed by atoms with Gasteiger partial charge in [0, 0.05) is 0 Å². The molecule has 1 aromatic heterocycles. The molecular weight excluding hydrogens is 338 g/mol. The minimum Gasteiger partial charge on any atom is -0.495 e. The van der Waals surface area contributed by atoms with Crippen molar-refractivity contribution < 1.29 is 4.74 Å². The number of methoxy groups -OCH3 is 1. The van der Waals surface area contributed by atoms with E-state index in [9.17, 15) is 0 Å². The van der Waals surface area contributed by atoms with Crippen LogP contribution >= 0.6 is 0 Å². The number of hydrogen-bond acceptors (Lipinski definition) is 5. The van der Waals surface area contributed by atoms with E-state index in [1.54, 1.807) is 7.11 Å². The topological polar surface area (TPSA) is 64.9 Å². The Bertz CT molecular complexity index is 884. The standard InChI is InChI=1S/C21H25N5O/c1-16-12-14-21(15-13-16,22-18-10-6-7-11-19(18)27-2)20-23-24-25-26(20)17-8-4-3-5-9-17/h3-11,16,22H,12-15H2,1-2H3. The zero-order valence-electron chi connectivity index (χ0n) is 15.8.